The minimum absolute atomic E-state index is 0.0239. The number of rotatable bonds is 7. The lowest BCUT2D eigenvalue weighted by molar-refractivity contribution is -0.137. The lowest BCUT2D eigenvalue weighted by atomic mass is 9.79. The number of alkyl halides is 2. The summed E-state index contributed by atoms with van der Waals surface area (Å²) in [7, 11) is 2.38. The van der Waals surface area contributed by atoms with Crippen LogP contribution in [0.25, 0.3) is 0 Å². The minimum atomic E-state index is -3.14. The van der Waals surface area contributed by atoms with Gasteiger partial charge in [0, 0.05) is 28.7 Å². The van der Waals surface area contributed by atoms with E-state index in [2.05, 4.69) is 36.7 Å². The van der Waals surface area contributed by atoms with Crippen molar-refractivity contribution in [3.63, 3.8) is 0 Å². The maximum absolute atomic E-state index is 13.3. The Morgan fingerprint density at radius 1 is 1.06 bits per heavy atom. The van der Waals surface area contributed by atoms with E-state index in [1.54, 1.807) is 13.8 Å². The summed E-state index contributed by atoms with van der Waals surface area (Å²) in [4.78, 5) is 25.6. The van der Waals surface area contributed by atoms with Crippen molar-refractivity contribution in [1.82, 2.24) is 10.6 Å². The molecular weight excluding hydrogens is 492 g/mol. The molecule has 198 valence electrons. The fourth-order valence-electron chi connectivity index (χ4n) is 3.70. The first-order chi connectivity index (χ1) is 16.7. The van der Waals surface area contributed by atoms with Gasteiger partial charge in [0.15, 0.2) is 5.11 Å². The van der Waals surface area contributed by atoms with Crippen LogP contribution < -0.4 is 20.7 Å². The molecule has 3 N–H and O–H groups in total. The summed E-state index contributed by atoms with van der Waals surface area (Å²) in [6.45, 7) is 8.28. The van der Waals surface area contributed by atoms with E-state index in [9.17, 15) is 18.4 Å². The molecule has 36 heavy (non-hydrogen) atoms. The standard InChI is InChI=1S/C25H33F2N3O5S/c1-12-18(21(31)33-7)20(19(13(2)28-12)22(32)34-8)16-11-15(9-10-17(16)35-23(26)27)30-24(36)29-14(3)25(4,5)6/h9-11,14,20,23,28H,1-8H3,(H2,29,30,36). The van der Waals surface area contributed by atoms with Crippen molar-refractivity contribution in [2.24, 2.45) is 5.41 Å². The zero-order valence-corrected chi connectivity index (χ0v) is 22.5. The van der Waals surface area contributed by atoms with Gasteiger partial charge in [0.2, 0.25) is 0 Å². The van der Waals surface area contributed by atoms with Crippen molar-refractivity contribution in [3.05, 3.63) is 46.3 Å². The van der Waals surface area contributed by atoms with Crippen molar-refractivity contribution in [2.45, 2.75) is 60.1 Å². The summed E-state index contributed by atoms with van der Waals surface area (Å²) >= 11 is 5.44. The molecule has 0 amide bonds. The molecule has 0 saturated heterocycles. The zero-order chi connectivity index (χ0) is 27.4. The Labute approximate surface area is 215 Å². The number of anilines is 1. The van der Waals surface area contributed by atoms with Crippen LogP contribution >= 0.6 is 12.2 Å². The van der Waals surface area contributed by atoms with Crippen LogP contribution in [0.1, 0.15) is 53.0 Å². The van der Waals surface area contributed by atoms with Crippen LogP contribution in [-0.2, 0) is 19.1 Å². The fraction of sp³-hybridized carbons (Fsp3) is 0.480. The third kappa shape index (κ3) is 6.71. The summed E-state index contributed by atoms with van der Waals surface area (Å²) in [6.07, 6.45) is 0. The minimum Gasteiger partial charge on any atom is -0.466 e. The lowest BCUT2D eigenvalue weighted by Gasteiger charge is -2.31. The molecule has 0 fully saturated rings. The zero-order valence-electron chi connectivity index (χ0n) is 21.7. The van der Waals surface area contributed by atoms with Crippen molar-refractivity contribution < 1.29 is 32.6 Å². The van der Waals surface area contributed by atoms with Crippen LogP contribution in [0.2, 0.25) is 0 Å². The first kappa shape index (κ1) is 29.0. The average molecular weight is 526 g/mol. The predicted molar refractivity (Wildman–Crippen MR) is 137 cm³/mol. The molecule has 0 aromatic heterocycles. The molecule has 11 heteroatoms. The third-order valence-electron chi connectivity index (χ3n) is 6.01. The Hall–Kier alpha value is -3.21. The second kappa shape index (κ2) is 11.7. The number of esters is 2. The number of carbonyl (C=O) groups is 2. The number of hydrogen-bond acceptors (Lipinski definition) is 7. The molecule has 2 rings (SSSR count). The Morgan fingerprint density at radius 2 is 1.58 bits per heavy atom. The predicted octanol–water partition coefficient (Wildman–Crippen LogP) is 4.59. The first-order valence-corrected chi connectivity index (χ1v) is 11.6. The number of halogens is 2. The SMILES string of the molecule is COC(=O)C1=C(C)NC(C)=C(C(=O)OC)C1c1cc(NC(=S)NC(C)C(C)(C)C)ccc1OC(F)F. The van der Waals surface area contributed by atoms with Gasteiger partial charge in [-0.15, -0.1) is 0 Å². The smallest absolute Gasteiger partial charge is 0.387 e. The number of carbonyl (C=O) groups excluding carboxylic acids is 2. The highest BCUT2D eigenvalue weighted by Gasteiger charge is 2.39. The molecule has 0 saturated carbocycles. The summed E-state index contributed by atoms with van der Waals surface area (Å²) in [5, 5.41) is 9.52. The second-order valence-electron chi connectivity index (χ2n) is 9.44. The Balaban J connectivity index is 2.67. The summed E-state index contributed by atoms with van der Waals surface area (Å²) in [5.41, 5.74) is 1.41. The Bertz CT molecular complexity index is 1060. The van der Waals surface area contributed by atoms with Gasteiger partial charge < -0.3 is 30.2 Å². The Morgan fingerprint density at radius 3 is 2.03 bits per heavy atom. The summed E-state index contributed by atoms with van der Waals surface area (Å²) in [6, 6.07) is 4.38. The lowest BCUT2D eigenvalue weighted by Crippen LogP contribution is -2.43. The van der Waals surface area contributed by atoms with Gasteiger partial charge in [0.25, 0.3) is 0 Å². The van der Waals surface area contributed by atoms with Crippen molar-refractivity contribution in [2.75, 3.05) is 19.5 Å². The van der Waals surface area contributed by atoms with Gasteiger partial charge in [-0.25, -0.2) is 9.59 Å². The maximum Gasteiger partial charge on any atom is 0.387 e. The topological polar surface area (TPSA) is 97.9 Å². The van der Waals surface area contributed by atoms with Gasteiger partial charge >= 0.3 is 18.6 Å². The third-order valence-corrected chi connectivity index (χ3v) is 6.23. The van der Waals surface area contributed by atoms with Crippen LogP contribution in [0, 0.1) is 5.41 Å². The molecule has 8 nitrogen and oxygen atoms in total. The number of methoxy groups -OCH3 is 2. The van der Waals surface area contributed by atoms with Crippen molar-refractivity contribution in [3.8, 4) is 5.75 Å². The molecule has 0 bridgehead atoms. The van der Waals surface area contributed by atoms with Crippen LogP contribution in [0.3, 0.4) is 0 Å². The van der Waals surface area contributed by atoms with Crippen LogP contribution in [0.15, 0.2) is 40.7 Å². The molecule has 1 aromatic carbocycles. The average Bonchev–Trinajstić information content (AvgIpc) is 2.77. The van der Waals surface area contributed by atoms with E-state index in [-0.39, 0.29) is 33.9 Å². The second-order valence-corrected chi connectivity index (χ2v) is 9.84. The van der Waals surface area contributed by atoms with E-state index in [0.29, 0.717) is 22.2 Å². The van der Waals surface area contributed by atoms with E-state index in [0.717, 1.165) is 0 Å². The fourth-order valence-corrected chi connectivity index (χ4v) is 4.00. The molecule has 1 aliphatic rings. The van der Waals surface area contributed by atoms with Crippen LogP contribution in [0.4, 0.5) is 14.5 Å². The highest BCUT2D eigenvalue weighted by atomic mass is 32.1. The van der Waals surface area contributed by atoms with E-state index in [4.69, 9.17) is 26.4 Å². The Kier molecular flexibility index (Phi) is 9.42. The molecule has 1 aliphatic heterocycles. The van der Waals surface area contributed by atoms with Crippen LogP contribution in [-0.4, -0.2) is 43.9 Å². The normalized spacial score (nSPS) is 15.3. The van der Waals surface area contributed by atoms with Crippen molar-refractivity contribution in [1.29, 1.82) is 0 Å². The van der Waals surface area contributed by atoms with Gasteiger partial charge in [-0.3, -0.25) is 0 Å². The van der Waals surface area contributed by atoms with Gasteiger partial charge in [0.05, 0.1) is 31.3 Å². The molecule has 1 heterocycles. The van der Waals surface area contributed by atoms with Crippen molar-refractivity contribution >= 4 is 35.0 Å². The number of benzene rings is 1. The van der Waals surface area contributed by atoms with Crippen LogP contribution in [0.5, 0.6) is 5.75 Å². The van der Waals surface area contributed by atoms with E-state index in [1.807, 2.05) is 6.92 Å². The van der Waals surface area contributed by atoms with Gasteiger partial charge in [-0.2, -0.15) is 8.78 Å². The van der Waals surface area contributed by atoms with E-state index < -0.39 is 24.5 Å². The number of thiocarbonyl (C=S) groups is 1. The molecular formula is C25H33F2N3O5S. The van der Waals surface area contributed by atoms with Gasteiger partial charge in [0.1, 0.15) is 5.75 Å². The highest BCUT2D eigenvalue weighted by molar-refractivity contribution is 7.80. The number of hydrogen-bond donors (Lipinski definition) is 3. The van der Waals surface area contributed by atoms with E-state index >= 15 is 0 Å². The molecule has 0 radical (unpaired) electrons. The summed E-state index contributed by atoms with van der Waals surface area (Å²) in [5.74, 6) is -2.81. The molecule has 0 aliphatic carbocycles. The highest BCUT2D eigenvalue weighted by Crippen LogP contribution is 2.44. The quantitative estimate of drug-likeness (QED) is 0.349. The molecule has 1 atom stereocenters. The number of allylic oxidation sites excluding steroid dienone is 2. The molecule has 1 unspecified atom stereocenters. The first-order valence-electron chi connectivity index (χ1n) is 11.2. The number of ether oxygens (including phenoxy) is 3. The molecule has 0 spiro atoms. The maximum atomic E-state index is 13.3. The largest absolute Gasteiger partial charge is 0.466 e. The monoisotopic (exact) mass is 525 g/mol. The molecule has 1 aromatic rings. The van der Waals surface area contributed by atoms with Gasteiger partial charge in [-0.05, 0) is 56.6 Å². The van der Waals surface area contributed by atoms with E-state index in [1.165, 1.54) is 32.4 Å². The number of dihydropyridines is 1. The number of nitrogens with one attached hydrogen (secondary N) is 3. The summed E-state index contributed by atoms with van der Waals surface area (Å²) < 4.78 is 41.4. The van der Waals surface area contributed by atoms with Gasteiger partial charge in [-0.1, -0.05) is 20.8 Å².